The molecule has 1 heterocycles. The maximum Gasteiger partial charge on any atom is 0.0688 e. The van der Waals surface area contributed by atoms with Gasteiger partial charge >= 0.3 is 0 Å². The van der Waals surface area contributed by atoms with Crippen molar-refractivity contribution in [2.45, 2.75) is 38.6 Å². The molecule has 1 aromatic carbocycles. The van der Waals surface area contributed by atoms with E-state index in [4.69, 9.17) is 5.10 Å². The molecule has 0 unspecified atom stereocenters. The highest BCUT2D eigenvalue weighted by atomic mass is 16.3. The topological polar surface area (TPSA) is 38.0 Å². The second-order valence-corrected chi connectivity index (χ2v) is 5.40. The molecule has 1 saturated carbocycles. The SMILES string of the molecule is Cc1nn(C2CCC(CO)CC2)c2ccccc12. The highest BCUT2D eigenvalue weighted by Gasteiger charge is 2.23. The molecule has 1 aromatic heterocycles. The average Bonchev–Trinajstić information content (AvgIpc) is 2.77. The number of aliphatic hydroxyl groups is 1. The lowest BCUT2D eigenvalue weighted by Gasteiger charge is -2.28. The molecule has 96 valence electrons. The Morgan fingerprint density at radius 1 is 1.22 bits per heavy atom. The van der Waals surface area contributed by atoms with Crippen molar-refractivity contribution in [1.82, 2.24) is 9.78 Å². The van der Waals surface area contributed by atoms with Crippen molar-refractivity contribution in [2.24, 2.45) is 5.92 Å². The predicted octanol–water partition coefficient (Wildman–Crippen LogP) is 3.07. The van der Waals surface area contributed by atoms with E-state index >= 15 is 0 Å². The highest BCUT2D eigenvalue weighted by Crippen LogP contribution is 2.34. The summed E-state index contributed by atoms with van der Waals surface area (Å²) >= 11 is 0. The summed E-state index contributed by atoms with van der Waals surface area (Å²) in [4.78, 5) is 0. The smallest absolute Gasteiger partial charge is 0.0688 e. The number of benzene rings is 1. The molecule has 3 rings (SSSR count). The molecule has 1 fully saturated rings. The molecule has 0 spiro atoms. The number of rotatable bonds is 2. The van der Waals surface area contributed by atoms with Crippen molar-refractivity contribution in [2.75, 3.05) is 6.61 Å². The number of nitrogens with zero attached hydrogens (tertiary/aromatic N) is 2. The van der Waals surface area contributed by atoms with E-state index < -0.39 is 0 Å². The molecule has 3 heteroatoms. The third kappa shape index (κ3) is 1.93. The van der Waals surface area contributed by atoms with Gasteiger partial charge in [0, 0.05) is 12.0 Å². The first kappa shape index (κ1) is 11.7. The van der Waals surface area contributed by atoms with Gasteiger partial charge in [-0.05, 0) is 44.6 Å². The summed E-state index contributed by atoms with van der Waals surface area (Å²) in [7, 11) is 0. The van der Waals surface area contributed by atoms with Gasteiger partial charge in [-0.3, -0.25) is 4.68 Å². The summed E-state index contributed by atoms with van der Waals surface area (Å²) in [5.41, 5.74) is 2.37. The van der Waals surface area contributed by atoms with E-state index in [-0.39, 0.29) is 0 Å². The van der Waals surface area contributed by atoms with Gasteiger partial charge in [0.05, 0.1) is 17.3 Å². The highest BCUT2D eigenvalue weighted by molar-refractivity contribution is 5.81. The predicted molar refractivity (Wildman–Crippen MR) is 72.6 cm³/mol. The van der Waals surface area contributed by atoms with Crippen LogP contribution in [0.2, 0.25) is 0 Å². The van der Waals surface area contributed by atoms with Gasteiger partial charge in [-0.1, -0.05) is 18.2 Å². The van der Waals surface area contributed by atoms with Crippen LogP contribution in [0.4, 0.5) is 0 Å². The normalized spacial score (nSPS) is 24.6. The fourth-order valence-electron chi connectivity index (χ4n) is 3.10. The van der Waals surface area contributed by atoms with E-state index in [1.807, 2.05) is 0 Å². The van der Waals surface area contributed by atoms with Crippen LogP contribution in [0.3, 0.4) is 0 Å². The number of hydrogen-bond donors (Lipinski definition) is 1. The van der Waals surface area contributed by atoms with Crippen LogP contribution in [-0.2, 0) is 0 Å². The Hall–Kier alpha value is -1.35. The maximum atomic E-state index is 9.20. The van der Waals surface area contributed by atoms with Crippen molar-refractivity contribution in [3.63, 3.8) is 0 Å². The molecule has 1 aliphatic carbocycles. The molecule has 18 heavy (non-hydrogen) atoms. The van der Waals surface area contributed by atoms with Crippen LogP contribution >= 0.6 is 0 Å². The Morgan fingerprint density at radius 2 is 1.94 bits per heavy atom. The number of para-hydroxylation sites is 1. The Labute approximate surface area is 107 Å². The fraction of sp³-hybridized carbons (Fsp3) is 0.533. The van der Waals surface area contributed by atoms with E-state index in [0.717, 1.165) is 31.4 Å². The van der Waals surface area contributed by atoms with E-state index in [1.54, 1.807) is 0 Å². The average molecular weight is 244 g/mol. The Morgan fingerprint density at radius 3 is 2.67 bits per heavy atom. The van der Waals surface area contributed by atoms with Crippen molar-refractivity contribution in [3.8, 4) is 0 Å². The molecular weight excluding hydrogens is 224 g/mol. The molecular formula is C15H20N2O. The summed E-state index contributed by atoms with van der Waals surface area (Å²) in [5.74, 6) is 0.504. The van der Waals surface area contributed by atoms with Crippen LogP contribution in [0.5, 0.6) is 0 Å². The minimum Gasteiger partial charge on any atom is -0.396 e. The van der Waals surface area contributed by atoms with Crippen LogP contribution in [0.1, 0.15) is 37.4 Å². The van der Waals surface area contributed by atoms with Crippen LogP contribution in [0, 0.1) is 12.8 Å². The molecule has 0 amide bonds. The molecule has 3 nitrogen and oxygen atoms in total. The minimum atomic E-state index is 0.339. The summed E-state index contributed by atoms with van der Waals surface area (Å²) in [6.07, 6.45) is 4.51. The largest absolute Gasteiger partial charge is 0.396 e. The first-order chi connectivity index (χ1) is 8.79. The number of hydrogen-bond acceptors (Lipinski definition) is 2. The lowest BCUT2D eigenvalue weighted by Crippen LogP contribution is -2.20. The summed E-state index contributed by atoms with van der Waals surface area (Å²) in [5, 5.41) is 15.2. The third-order valence-electron chi connectivity index (χ3n) is 4.22. The lowest BCUT2D eigenvalue weighted by molar-refractivity contribution is 0.166. The van der Waals surface area contributed by atoms with Gasteiger partial charge in [0.25, 0.3) is 0 Å². The number of aryl methyl sites for hydroxylation is 1. The number of aromatic nitrogens is 2. The van der Waals surface area contributed by atoms with Gasteiger partial charge in [0.1, 0.15) is 0 Å². The Kier molecular flexibility index (Phi) is 3.08. The van der Waals surface area contributed by atoms with Gasteiger partial charge in [-0.25, -0.2) is 0 Å². The fourth-order valence-corrected chi connectivity index (χ4v) is 3.10. The molecule has 0 radical (unpaired) electrons. The van der Waals surface area contributed by atoms with Crippen LogP contribution in [-0.4, -0.2) is 21.5 Å². The second kappa shape index (κ2) is 4.73. The quantitative estimate of drug-likeness (QED) is 0.881. The molecule has 2 aromatic rings. The first-order valence-electron chi connectivity index (χ1n) is 6.84. The first-order valence-corrected chi connectivity index (χ1v) is 6.84. The third-order valence-corrected chi connectivity index (χ3v) is 4.22. The maximum absolute atomic E-state index is 9.20. The second-order valence-electron chi connectivity index (χ2n) is 5.40. The van der Waals surface area contributed by atoms with Crippen molar-refractivity contribution in [1.29, 1.82) is 0 Å². The van der Waals surface area contributed by atoms with Crippen molar-refractivity contribution < 1.29 is 5.11 Å². The molecule has 0 atom stereocenters. The van der Waals surface area contributed by atoms with E-state index in [0.29, 0.717) is 18.6 Å². The minimum absolute atomic E-state index is 0.339. The zero-order valence-electron chi connectivity index (χ0n) is 10.8. The van der Waals surface area contributed by atoms with E-state index in [1.165, 1.54) is 10.9 Å². The standard InChI is InChI=1S/C15H20N2O/c1-11-14-4-2-3-5-15(14)17(16-11)13-8-6-12(10-18)7-9-13/h2-5,12-13,18H,6-10H2,1H3. The monoisotopic (exact) mass is 244 g/mol. The zero-order chi connectivity index (χ0) is 12.5. The molecule has 0 aliphatic heterocycles. The van der Waals surface area contributed by atoms with Gasteiger partial charge in [0.15, 0.2) is 0 Å². The summed E-state index contributed by atoms with van der Waals surface area (Å²) in [6, 6.07) is 8.97. The van der Waals surface area contributed by atoms with Gasteiger partial charge < -0.3 is 5.11 Å². The molecule has 1 aliphatic rings. The number of fused-ring (bicyclic) bond motifs is 1. The van der Waals surface area contributed by atoms with E-state index in [9.17, 15) is 5.11 Å². The van der Waals surface area contributed by atoms with Crippen LogP contribution < -0.4 is 0 Å². The summed E-state index contributed by atoms with van der Waals surface area (Å²) < 4.78 is 2.21. The van der Waals surface area contributed by atoms with Crippen LogP contribution in [0.15, 0.2) is 24.3 Å². The Balaban J connectivity index is 1.91. The molecule has 0 saturated heterocycles. The number of aliphatic hydroxyl groups excluding tert-OH is 1. The van der Waals surface area contributed by atoms with Gasteiger partial charge in [-0.2, -0.15) is 5.10 Å². The zero-order valence-corrected chi connectivity index (χ0v) is 10.8. The molecule has 0 bridgehead atoms. The lowest BCUT2D eigenvalue weighted by atomic mass is 9.86. The van der Waals surface area contributed by atoms with Crippen molar-refractivity contribution in [3.05, 3.63) is 30.0 Å². The van der Waals surface area contributed by atoms with Crippen LogP contribution in [0.25, 0.3) is 10.9 Å². The van der Waals surface area contributed by atoms with Gasteiger partial charge in [0.2, 0.25) is 0 Å². The summed E-state index contributed by atoms with van der Waals surface area (Å²) in [6.45, 7) is 2.42. The Bertz CT molecular complexity index is 538. The van der Waals surface area contributed by atoms with Crippen molar-refractivity contribution >= 4 is 10.9 Å². The van der Waals surface area contributed by atoms with Gasteiger partial charge in [-0.15, -0.1) is 0 Å². The van der Waals surface area contributed by atoms with E-state index in [2.05, 4.69) is 35.9 Å². The molecule has 1 N–H and O–H groups in total.